The summed E-state index contributed by atoms with van der Waals surface area (Å²) in [5.41, 5.74) is 4.86. The Morgan fingerprint density at radius 3 is 2.46 bits per heavy atom. The van der Waals surface area contributed by atoms with Gasteiger partial charge in [-0.15, -0.1) is 5.10 Å². The third kappa shape index (κ3) is 5.19. The number of anilines is 1. The Hall–Kier alpha value is -3.96. The lowest BCUT2D eigenvalue weighted by atomic mass is 10.0. The van der Waals surface area contributed by atoms with Gasteiger partial charge in [0.15, 0.2) is 17.3 Å². The van der Waals surface area contributed by atoms with E-state index in [0.29, 0.717) is 41.6 Å². The highest BCUT2D eigenvalue weighted by Crippen LogP contribution is 2.34. The number of ether oxygens (including phenoxy) is 3. The molecule has 0 unspecified atom stereocenters. The van der Waals surface area contributed by atoms with Gasteiger partial charge in [0.25, 0.3) is 5.56 Å². The Labute approximate surface area is 227 Å². The molecule has 1 aliphatic heterocycles. The molecule has 5 rings (SSSR count). The van der Waals surface area contributed by atoms with E-state index in [1.807, 2.05) is 12.1 Å². The Kier molecular flexibility index (Phi) is 7.80. The lowest BCUT2D eigenvalue weighted by molar-refractivity contribution is 0.171. The van der Waals surface area contributed by atoms with Crippen LogP contribution in [-0.2, 0) is 11.3 Å². The second-order valence-electron chi connectivity index (χ2n) is 9.75. The average Bonchev–Trinajstić information content (AvgIpc) is 3.41. The van der Waals surface area contributed by atoms with Gasteiger partial charge in [0.2, 0.25) is 0 Å². The molecule has 1 saturated heterocycles. The van der Waals surface area contributed by atoms with Crippen LogP contribution >= 0.6 is 0 Å². The average molecular weight is 534 g/mol. The molecule has 0 aliphatic carbocycles. The number of aromatic nitrogens is 5. The Bertz CT molecular complexity index is 1510. The number of hydrogen-bond acceptors (Lipinski definition) is 9. The number of methoxy groups -OCH3 is 3. The number of nitrogens with one attached hydrogen (secondary N) is 1. The zero-order chi connectivity index (χ0) is 27.5. The maximum atomic E-state index is 13.6. The number of nitrogens with zero attached hydrogens (tertiary/aromatic N) is 6. The molecule has 3 heterocycles. The monoisotopic (exact) mass is 533 g/mol. The van der Waals surface area contributed by atoms with Crippen molar-refractivity contribution in [3.05, 3.63) is 69.3 Å². The predicted molar refractivity (Wildman–Crippen MR) is 149 cm³/mol. The molecule has 39 heavy (non-hydrogen) atoms. The number of benzene rings is 2. The standard InChI is InChI=1S/C28H35N7O4/c1-18-7-6-8-23(19(18)2)33-9-11-34(12-10-33)26(27-30-31-32-35(27)13-14-37-3)21-15-20-16-24(38-4)25(39-5)17-22(20)29-28(21)36/h6-8,15-17,26H,9-14H2,1-5H3,(H,29,36)/t26-/m0/s1. The molecule has 1 atom stereocenters. The third-order valence-corrected chi connectivity index (χ3v) is 7.58. The fraction of sp³-hybridized carbons (Fsp3) is 0.429. The van der Waals surface area contributed by atoms with Gasteiger partial charge in [0.1, 0.15) is 6.04 Å². The largest absolute Gasteiger partial charge is 0.493 e. The van der Waals surface area contributed by atoms with Crippen molar-refractivity contribution in [3.8, 4) is 11.5 Å². The molecule has 4 aromatic rings. The number of fused-ring (bicyclic) bond motifs is 1. The van der Waals surface area contributed by atoms with Gasteiger partial charge in [0.05, 0.1) is 32.9 Å². The molecule has 0 saturated carbocycles. The summed E-state index contributed by atoms with van der Waals surface area (Å²) in [7, 11) is 4.81. The van der Waals surface area contributed by atoms with Crippen molar-refractivity contribution in [2.45, 2.75) is 26.4 Å². The fourth-order valence-electron chi connectivity index (χ4n) is 5.30. The molecule has 11 nitrogen and oxygen atoms in total. The molecule has 2 aromatic carbocycles. The highest BCUT2D eigenvalue weighted by Gasteiger charge is 2.33. The highest BCUT2D eigenvalue weighted by atomic mass is 16.5. The van der Waals surface area contributed by atoms with E-state index in [2.05, 4.69) is 62.4 Å². The van der Waals surface area contributed by atoms with Crippen molar-refractivity contribution in [3.63, 3.8) is 0 Å². The number of piperazine rings is 1. The quantitative estimate of drug-likeness (QED) is 0.347. The molecular weight excluding hydrogens is 498 g/mol. The van der Waals surface area contributed by atoms with Gasteiger partial charge in [-0.2, -0.15) is 0 Å². The second-order valence-corrected chi connectivity index (χ2v) is 9.75. The lowest BCUT2D eigenvalue weighted by Gasteiger charge is -2.40. The van der Waals surface area contributed by atoms with Crippen molar-refractivity contribution >= 4 is 16.6 Å². The van der Waals surface area contributed by atoms with E-state index in [4.69, 9.17) is 14.2 Å². The van der Waals surface area contributed by atoms with Gasteiger partial charge >= 0.3 is 0 Å². The van der Waals surface area contributed by atoms with Crippen molar-refractivity contribution in [1.29, 1.82) is 0 Å². The maximum absolute atomic E-state index is 13.6. The van der Waals surface area contributed by atoms with Crippen LogP contribution in [0.15, 0.2) is 41.2 Å². The number of rotatable bonds is 9. The number of aromatic amines is 1. The fourth-order valence-corrected chi connectivity index (χ4v) is 5.30. The van der Waals surface area contributed by atoms with Crippen molar-refractivity contribution in [2.75, 3.05) is 59.0 Å². The second kappa shape index (κ2) is 11.4. The number of hydrogen-bond donors (Lipinski definition) is 1. The number of tetrazole rings is 1. The Morgan fingerprint density at radius 2 is 1.74 bits per heavy atom. The van der Waals surface area contributed by atoms with Crippen molar-refractivity contribution in [1.82, 2.24) is 30.1 Å². The van der Waals surface area contributed by atoms with E-state index in [-0.39, 0.29) is 5.56 Å². The molecule has 0 amide bonds. The van der Waals surface area contributed by atoms with Gasteiger partial charge in [-0.05, 0) is 53.6 Å². The van der Waals surface area contributed by atoms with Crippen LogP contribution in [0.4, 0.5) is 5.69 Å². The molecular formula is C28H35N7O4. The first kappa shape index (κ1) is 26.6. The summed E-state index contributed by atoms with van der Waals surface area (Å²) in [6.45, 7) is 8.35. The minimum atomic E-state index is -0.446. The molecule has 11 heteroatoms. The number of pyridine rings is 1. The third-order valence-electron chi connectivity index (χ3n) is 7.58. The van der Waals surface area contributed by atoms with Gasteiger partial charge in [0, 0.05) is 56.0 Å². The summed E-state index contributed by atoms with van der Waals surface area (Å²) >= 11 is 0. The van der Waals surface area contributed by atoms with Crippen LogP contribution in [0.2, 0.25) is 0 Å². The van der Waals surface area contributed by atoms with E-state index in [1.165, 1.54) is 16.8 Å². The first-order valence-corrected chi connectivity index (χ1v) is 13.0. The van der Waals surface area contributed by atoms with Crippen LogP contribution < -0.4 is 19.9 Å². The van der Waals surface area contributed by atoms with Crippen LogP contribution in [-0.4, -0.2) is 84.2 Å². The predicted octanol–water partition coefficient (Wildman–Crippen LogP) is 2.71. The SMILES string of the molecule is COCCn1nnnc1[C@H](c1cc2cc(OC)c(OC)cc2[nH]c1=O)N1CCN(c2cccc(C)c2C)CC1. The van der Waals surface area contributed by atoms with Crippen molar-refractivity contribution < 1.29 is 14.2 Å². The highest BCUT2D eigenvalue weighted by molar-refractivity contribution is 5.83. The van der Waals surface area contributed by atoms with E-state index in [0.717, 1.165) is 31.6 Å². The smallest absolute Gasteiger partial charge is 0.253 e. The first-order valence-electron chi connectivity index (χ1n) is 13.0. The first-order chi connectivity index (χ1) is 18.9. The van der Waals surface area contributed by atoms with E-state index in [1.54, 1.807) is 32.1 Å². The van der Waals surface area contributed by atoms with Gasteiger partial charge in [-0.3, -0.25) is 9.69 Å². The van der Waals surface area contributed by atoms with Gasteiger partial charge < -0.3 is 24.1 Å². The van der Waals surface area contributed by atoms with Crippen molar-refractivity contribution in [2.24, 2.45) is 0 Å². The summed E-state index contributed by atoms with van der Waals surface area (Å²) in [6.07, 6.45) is 0. The molecule has 1 N–H and O–H groups in total. The molecule has 0 radical (unpaired) electrons. The summed E-state index contributed by atoms with van der Waals surface area (Å²) in [6, 6.07) is 11.5. The van der Waals surface area contributed by atoms with Gasteiger partial charge in [-0.1, -0.05) is 12.1 Å². The molecule has 2 aromatic heterocycles. The normalized spacial score (nSPS) is 15.1. The van der Waals surface area contributed by atoms with E-state index >= 15 is 0 Å². The topological polar surface area (TPSA) is 111 Å². The van der Waals surface area contributed by atoms with Crippen LogP contribution in [0, 0.1) is 13.8 Å². The van der Waals surface area contributed by atoms with E-state index < -0.39 is 6.04 Å². The van der Waals surface area contributed by atoms with Crippen LogP contribution in [0.25, 0.3) is 10.9 Å². The Morgan fingerprint density at radius 1 is 1.00 bits per heavy atom. The number of aryl methyl sites for hydroxylation is 1. The van der Waals surface area contributed by atoms with Gasteiger partial charge in [-0.25, -0.2) is 4.68 Å². The number of H-pyrrole nitrogens is 1. The van der Waals surface area contributed by atoms with E-state index in [9.17, 15) is 4.79 Å². The Balaban J connectivity index is 1.55. The minimum Gasteiger partial charge on any atom is -0.493 e. The molecule has 0 spiro atoms. The maximum Gasteiger partial charge on any atom is 0.253 e. The summed E-state index contributed by atoms with van der Waals surface area (Å²) in [5, 5.41) is 13.4. The van der Waals surface area contributed by atoms with Crippen LogP contribution in [0.5, 0.6) is 11.5 Å². The van der Waals surface area contributed by atoms with Crippen LogP contribution in [0.1, 0.15) is 28.6 Å². The zero-order valence-electron chi connectivity index (χ0n) is 23.1. The summed E-state index contributed by atoms with van der Waals surface area (Å²) in [4.78, 5) is 21.3. The molecule has 0 bridgehead atoms. The lowest BCUT2D eigenvalue weighted by Crippen LogP contribution is -2.49. The zero-order valence-corrected chi connectivity index (χ0v) is 23.1. The molecule has 206 valence electrons. The minimum absolute atomic E-state index is 0.196. The molecule has 1 fully saturated rings. The molecule has 1 aliphatic rings. The van der Waals surface area contributed by atoms with Crippen LogP contribution in [0.3, 0.4) is 0 Å². The summed E-state index contributed by atoms with van der Waals surface area (Å²) in [5.74, 6) is 1.75. The summed E-state index contributed by atoms with van der Waals surface area (Å²) < 4.78 is 18.0.